The maximum absolute atomic E-state index is 13.4. The Hall–Kier alpha value is -2.54. The lowest BCUT2D eigenvalue weighted by Crippen LogP contribution is -2.18. The Kier molecular flexibility index (Phi) is 5.93. The van der Waals surface area contributed by atoms with Crippen molar-refractivity contribution >= 4 is 34.8 Å². The quantitative estimate of drug-likeness (QED) is 0.680. The molecule has 2 amide bonds. The number of alkyl halides is 3. The van der Waals surface area contributed by atoms with Gasteiger partial charge < -0.3 is 10.6 Å². The minimum absolute atomic E-state index is 0.0127. The lowest BCUT2D eigenvalue weighted by molar-refractivity contribution is -0.137. The molecule has 2 aromatic rings. The third kappa shape index (κ3) is 5.25. The van der Waals surface area contributed by atoms with E-state index < -0.39 is 17.6 Å². The lowest BCUT2D eigenvalue weighted by atomic mass is 10.1. The first-order valence-electron chi connectivity index (χ1n) is 8.79. The Labute approximate surface area is 165 Å². The fraction of sp³-hybridized carbons (Fsp3) is 0.300. The summed E-state index contributed by atoms with van der Waals surface area (Å²) in [6.45, 7) is 0. The van der Waals surface area contributed by atoms with Gasteiger partial charge in [0.05, 0.1) is 11.3 Å². The lowest BCUT2D eigenvalue weighted by Gasteiger charge is -2.16. The minimum atomic E-state index is -4.67. The summed E-state index contributed by atoms with van der Waals surface area (Å²) in [5, 5.41) is 5.29. The van der Waals surface area contributed by atoms with Gasteiger partial charge in [-0.05, 0) is 49.1 Å². The van der Waals surface area contributed by atoms with Gasteiger partial charge in [0.15, 0.2) is 0 Å². The average molecular weight is 411 g/mol. The number of amides is 2. The van der Waals surface area contributed by atoms with E-state index in [-0.39, 0.29) is 29.6 Å². The molecule has 1 fully saturated rings. The van der Waals surface area contributed by atoms with Crippen molar-refractivity contribution in [1.29, 1.82) is 0 Å². The van der Waals surface area contributed by atoms with Crippen LogP contribution in [-0.2, 0) is 22.2 Å². The zero-order valence-corrected chi connectivity index (χ0v) is 15.5. The molecule has 0 aromatic heterocycles. The highest BCUT2D eigenvalue weighted by molar-refractivity contribution is 6.31. The van der Waals surface area contributed by atoms with Crippen LogP contribution < -0.4 is 10.6 Å². The molecule has 1 aliphatic carbocycles. The predicted octanol–water partition coefficient (Wildman–Crippen LogP) is 5.28. The third-order valence-corrected chi connectivity index (χ3v) is 4.76. The smallest absolute Gasteiger partial charge is 0.326 e. The molecule has 2 N–H and O–H groups in total. The first-order valence-corrected chi connectivity index (χ1v) is 9.17. The maximum Gasteiger partial charge on any atom is 0.418 e. The van der Waals surface area contributed by atoms with E-state index in [0.717, 1.165) is 30.5 Å². The Bertz CT molecular complexity index is 895. The van der Waals surface area contributed by atoms with E-state index in [4.69, 9.17) is 11.6 Å². The van der Waals surface area contributed by atoms with E-state index in [9.17, 15) is 22.8 Å². The second kappa shape index (κ2) is 8.22. The number of anilines is 2. The summed E-state index contributed by atoms with van der Waals surface area (Å²) in [5.41, 5.74) is -0.556. The standard InChI is InChI=1S/C20H18ClF3N2O2/c21-16-4-2-1-3-12(16)7-10-18(27)26-17-9-8-14(11-15(17)20(22,23)24)25-19(28)13-5-6-13/h1-4,8-9,11,13H,5-7,10H2,(H,25,28)(H,26,27). The van der Waals surface area contributed by atoms with Crippen molar-refractivity contribution in [3.05, 3.63) is 58.6 Å². The largest absolute Gasteiger partial charge is 0.418 e. The summed E-state index contributed by atoms with van der Waals surface area (Å²) in [4.78, 5) is 23.9. The Morgan fingerprint density at radius 2 is 1.79 bits per heavy atom. The number of rotatable bonds is 6. The van der Waals surface area contributed by atoms with E-state index in [0.29, 0.717) is 11.4 Å². The minimum Gasteiger partial charge on any atom is -0.326 e. The van der Waals surface area contributed by atoms with Crippen molar-refractivity contribution in [2.45, 2.75) is 31.9 Å². The molecule has 0 heterocycles. The van der Waals surface area contributed by atoms with Crippen LogP contribution in [0, 0.1) is 5.92 Å². The van der Waals surface area contributed by atoms with E-state index in [1.54, 1.807) is 24.3 Å². The van der Waals surface area contributed by atoms with Gasteiger partial charge in [-0.15, -0.1) is 0 Å². The molecule has 0 unspecified atom stereocenters. The molecule has 0 atom stereocenters. The zero-order valence-electron chi connectivity index (χ0n) is 14.8. The Morgan fingerprint density at radius 3 is 2.43 bits per heavy atom. The van der Waals surface area contributed by atoms with Crippen LogP contribution in [0.15, 0.2) is 42.5 Å². The fourth-order valence-corrected chi connectivity index (χ4v) is 2.95. The number of carbonyl (C=O) groups is 2. The van der Waals surface area contributed by atoms with E-state index >= 15 is 0 Å². The molecule has 0 aliphatic heterocycles. The number of halogens is 4. The predicted molar refractivity (Wildman–Crippen MR) is 101 cm³/mol. The second-order valence-corrected chi connectivity index (χ2v) is 7.07. The molecule has 8 heteroatoms. The highest BCUT2D eigenvalue weighted by Gasteiger charge is 2.35. The molecule has 1 saturated carbocycles. The van der Waals surface area contributed by atoms with Crippen LogP contribution in [-0.4, -0.2) is 11.8 Å². The summed E-state index contributed by atoms with van der Waals surface area (Å²) in [6.07, 6.45) is -2.88. The monoisotopic (exact) mass is 410 g/mol. The first-order chi connectivity index (χ1) is 13.2. The number of nitrogens with one attached hydrogen (secondary N) is 2. The Morgan fingerprint density at radius 1 is 1.07 bits per heavy atom. The van der Waals surface area contributed by atoms with E-state index in [2.05, 4.69) is 10.6 Å². The maximum atomic E-state index is 13.4. The van der Waals surface area contributed by atoms with Crippen molar-refractivity contribution < 1.29 is 22.8 Å². The van der Waals surface area contributed by atoms with Crippen LogP contribution in [0.2, 0.25) is 5.02 Å². The van der Waals surface area contributed by atoms with Crippen molar-refractivity contribution in [3.63, 3.8) is 0 Å². The van der Waals surface area contributed by atoms with Gasteiger partial charge in [0.2, 0.25) is 11.8 Å². The molecular formula is C20H18ClF3N2O2. The topological polar surface area (TPSA) is 58.2 Å². The molecule has 0 saturated heterocycles. The molecule has 148 valence electrons. The highest BCUT2D eigenvalue weighted by atomic mass is 35.5. The van der Waals surface area contributed by atoms with Crippen molar-refractivity contribution in [3.8, 4) is 0 Å². The highest BCUT2D eigenvalue weighted by Crippen LogP contribution is 2.37. The summed E-state index contributed by atoms with van der Waals surface area (Å²) < 4.78 is 40.2. The SMILES string of the molecule is O=C(CCc1ccccc1Cl)Nc1ccc(NC(=O)C2CC2)cc1C(F)(F)F. The Balaban J connectivity index is 1.70. The van der Waals surface area contributed by atoms with Gasteiger partial charge >= 0.3 is 6.18 Å². The van der Waals surface area contributed by atoms with Crippen LogP contribution in [0.5, 0.6) is 0 Å². The molecule has 0 bridgehead atoms. The number of aryl methyl sites for hydroxylation is 1. The average Bonchev–Trinajstić information content (AvgIpc) is 3.46. The summed E-state index contributed by atoms with van der Waals surface area (Å²) in [7, 11) is 0. The molecule has 0 radical (unpaired) electrons. The molecule has 4 nitrogen and oxygen atoms in total. The van der Waals surface area contributed by atoms with E-state index in [1.807, 2.05) is 0 Å². The molecule has 1 aliphatic rings. The summed E-state index contributed by atoms with van der Waals surface area (Å²) in [5.74, 6) is -0.969. The van der Waals surface area contributed by atoms with Gasteiger partial charge in [0.1, 0.15) is 0 Å². The molecular weight excluding hydrogens is 393 g/mol. The first kappa shape index (κ1) is 20.2. The van der Waals surface area contributed by atoms with Gasteiger partial charge in [-0.25, -0.2) is 0 Å². The van der Waals surface area contributed by atoms with Gasteiger partial charge in [0.25, 0.3) is 0 Å². The van der Waals surface area contributed by atoms with Crippen LogP contribution in [0.4, 0.5) is 24.5 Å². The van der Waals surface area contributed by atoms with Crippen LogP contribution in [0.3, 0.4) is 0 Å². The summed E-state index contributed by atoms with van der Waals surface area (Å²) in [6, 6.07) is 10.3. The van der Waals surface area contributed by atoms with Crippen molar-refractivity contribution in [2.75, 3.05) is 10.6 Å². The van der Waals surface area contributed by atoms with Gasteiger partial charge in [-0.1, -0.05) is 29.8 Å². The molecule has 0 spiro atoms. The molecule has 28 heavy (non-hydrogen) atoms. The van der Waals surface area contributed by atoms with Crippen molar-refractivity contribution in [2.24, 2.45) is 5.92 Å². The number of benzene rings is 2. The number of hydrogen-bond donors (Lipinski definition) is 2. The molecule has 3 rings (SSSR count). The third-order valence-electron chi connectivity index (χ3n) is 4.39. The van der Waals surface area contributed by atoms with Gasteiger partial charge in [0, 0.05) is 23.0 Å². The van der Waals surface area contributed by atoms with E-state index in [1.165, 1.54) is 6.07 Å². The fourth-order valence-electron chi connectivity index (χ4n) is 2.72. The van der Waals surface area contributed by atoms with Crippen LogP contribution >= 0.6 is 11.6 Å². The van der Waals surface area contributed by atoms with Gasteiger partial charge in [-0.2, -0.15) is 13.2 Å². The zero-order chi connectivity index (χ0) is 20.3. The van der Waals surface area contributed by atoms with Crippen LogP contribution in [0.1, 0.15) is 30.4 Å². The normalized spacial score (nSPS) is 13.9. The number of carbonyl (C=O) groups excluding carboxylic acids is 2. The molecule has 2 aromatic carbocycles. The summed E-state index contributed by atoms with van der Waals surface area (Å²) >= 11 is 6.02. The van der Waals surface area contributed by atoms with Gasteiger partial charge in [-0.3, -0.25) is 9.59 Å². The van der Waals surface area contributed by atoms with Crippen molar-refractivity contribution in [1.82, 2.24) is 0 Å². The number of hydrogen-bond acceptors (Lipinski definition) is 2. The second-order valence-electron chi connectivity index (χ2n) is 6.66. The van der Waals surface area contributed by atoms with Crippen LogP contribution in [0.25, 0.3) is 0 Å².